The Balaban J connectivity index is 1.68. The molecule has 2 bridgehead atoms. The van der Waals surface area contributed by atoms with Gasteiger partial charge in [0.15, 0.2) is 11.5 Å². The first-order chi connectivity index (χ1) is 11.7. The minimum atomic E-state index is 0.0376. The lowest BCUT2D eigenvalue weighted by Gasteiger charge is -2.40. The Bertz CT molecular complexity index is 858. The van der Waals surface area contributed by atoms with Crippen LogP contribution in [0.5, 0.6) is 11.5 Å². The van der Waals surface area contributed by atoms with Gasteiger partial charge in [0.2, 0.25) is 0 Å². The molecule has 2 aliphatic carbocycles. The highest BCUT2D eigenvalue weighted by atomic mass is 32.2. The van der Waals surface area contributed by atoms with Gasteiger partial charge in [-0.05, 0) is 54.7 Å². The number of rotatable bonds is 2. The first-order valence-corrected chi connectivity index (χ1v) is 10.1. The second-order valence-electron chi connectivity index (χ2n) is 7.11. The molecule has 2 aromatic rings. The van der Waals surface area contributed by atoms with Gasteiger partial charge in [0.25, 0.3) is 0 Å². The quantitative estimate of drug-likeness (QED) is 0.854. The number of phenols is 1. The molecule has 0 radical (unpaired) electrons. The highest BCUT2D eigenvalue weighted by Gasteiger charge is 2.54. The lowest BCUT2D eigenvalue weighted by Crippen LogP contribution is -2.33. The molecule has 1 aliphatic heterocycles. The minimum Gasteiger partial charge on any atom is -0.504 e. The van der Waals surface area contributed by atoms with Crippen molar-refractivity contribution < 1.29 is 9.84 Å². The van der Waals surface area contributed by atoms with E-state index in [9.17, 15) is 9.90 Å². The molecule has 6 heteroatoms. The van der Waals surface area contributed by atoms with Gasteiger partial charge in [-0.15, -0.1) is 11.8 Å². The topological polar surface area (TPSA) is 62.3 Å². The lowest BCUT2D eigenvalue weighted by atomic mass is 9.75. The molecule has 4 nitrogen and oxygen atoms in total. The van der Waals surface area contributed by atoms with Crippen LogP contribution in [-0.2, 0) is 0 Å². The standard InChI is InChI=1S/C18H19NO3S2/c1-22-12-7-9(4-5-11(12)20)14-13-8-2-3-10(6-8)15(13)23-17-16(14)24-18(21)19-17/h4-5,7-8,10,13-15,20H,2-3,6H2,1H3,(H,19,21)/t8-,10-,13+,14-,15-/m0/s1. The molecule has 0 amide bonds. The number of fused-ring (bicyclic) bond motifs is 6. The Labute approximate surface area is 148 Å². The zero-order valence-electron chi connectivity index (χ0n) is 13.3. The number of aromatic hydroxyl groups is 1. The van der Waals surface area contributed by atoms with E-state index >= 15 is 0 Å². The van der Waals surface area contributed by atoms with Gasteiger partial charge in [-0.25, -0.2) is 0 Å². The fourth-order valence-corrected chi connectivity index (χ4v) is 8.00. The molecule has 1 aromatic heterocycles. The Kier molecular flexibility index (Phi) is 3.29. The molecule has 0 unspecified atom stereocenters. The van der Waals surface area contributed by atoms with Crippen molar-refractivity contribution in [2.45, 2.75) is 35.5 Å². The molecule has 2 heterocycles. The summed E-state index contributed by atoms with van der Waals surface area (Å²) in [5.41, 5.74) is 1.16. The molecule has 2 fully saturated rings. The molecule has 2 saturated carbocycles. The van der Waals surface area contributed by atoms with Crippen LogP contribution < -0.4 is 9.61 Å². The van der Waals surface area contributed by atoms with Gasteiger partial charge in [0.05, 0.1) is 12.1 Å². The molecular weight excluding hydrogens is 342 g/mol. The SMILES string of the molecule is COc1cc([C@@H]2c3sc(=O)[nH]c3S[C@H]3[C@H]4CC[C@@H](C4)[C@H]23)ccc1O. The van der Waals surface area contributed by atoms with Crippen LogP contribution in [0.1, 0.15) is 35.6 Å². The van der Waals surface area contributed by atoms with Crippen LogP contribution in [0.2, 0.25) is 0 Å². The van der Waals surface area contributed by atoms with Gasteiger partial charge in [0.1, 0.15) is 0 Å². The maximum absolute atomic E-state index is 12.0. The molecule has 5 atom stereocenters. The zero-order valence-corrected chi connectivity index (χ0v) is 15.0. The normalized spacial score (nSPS) is 33.3. The van der Waals surface area contributed by atoms with Crippen molar-refractivity contribution in [3.05, 3.63) is 38.3 Å². The fraction of sp³-hybridized carbons (Fsp3) is 0.500. The summed E-state index contributed by atoms with van der Waals surface area (Å²) in [7, 11) is 1.58. The first kappa shape index (κ1) is 14.9. The maximum atomic E-state index is 12.0. The summed E-state index contributed by atoms with van der Waals surface area (Å²) in [5.74, 6) is 3.03. The van der Waals surface area contributed by atoms with Gasteiger partial charge in [-0.3, -0.25) is 4.79 Å². The summed E-state index contributed by atoms with van der Waals surface area (Å²) >= 11 is 3.25. The Morgan fingerprint density at radius 2 is 2.12 bits per heavy atom. The number of hydrogen-bond acceptors (Lipinski definition) is 5. The number of hydrogen-bond donors (Lipinski definition) is 2. The van der Waals surface area contributed by atoms with E-state index in [0.29, 0.717) is 16.9 Å². The number of thiazole rings is 1. The second-order valence-corrected chi connectivity index (χ2v) is 9.31. The third-order valence-corrected chi connectivity index (χ3v) is 8.65. The second kappa shape index (κ2) is 5.30. The van der Waals surface area contributed by atoms with Gasteiger partial charge in [-0.2, -0.15) is 0 Å². The van der Waals surface area contributed by atoms with Crippen molar-refractivity contribution in [3.63, 3.8) is 0 Å². The van der Waals surface area contributed by atoms with E-state index in [2.05, 4.69) is 4.98 Å². The third-order valence-electron chi connectivity index (χ3n) is 6.03. The molecule has 0 spiro atoms. The average Bonchev–Trinajstić information content (AvgIpc) is 3.26. The monoisotopic (exact) mass is 361 g/mol. The summed E-state index contributed by atoms with van der Waals surface area (Å²) in [5, 5.41) is 11.6. The average molecular weight is 361 g/mol. The largest absolute Gasteiger partial charge is 0.504 e. The van der Waals surface area contributed by atoms with E-state index in [1.54, 1.807) is 13.2 Å². The van der Waals surface area contributed by atoms with Crippen LogP contribution in [0.25, 0.3) is 0 Å². The number of benzene rings is 1. The summed E-state index contributed by atoms with van der Waals surface area (Å²) in [6.07, 6.45) is 3.97. The van der Waals surface area contributed by atoms with Crippen molar-refractivity contribution in [2.24, 2.45) is 17.8 Å². The van der Waals surface area contributed by atoms with Crippen LogP contribution >= 0.6 is 23.1 Å². The van der Waals surface area contributed by atoms with Crippen LogP contribution in [0.15, 0.2) is 28.0 Å². The molecule has 126 valence electrons. The summed E-state index contributed by atoms with van der Waals surface area (Å²) in [6, 6.07) is 5.66. The van der Waals surface area contributed by atoms with Gasteiger partial charge in [0, 0.05) is 16.0 Å². The van der Waals surface area contributed by atoms with Crippen LogP contribution in [0.3, 0.4) is 0 Å². The highest BCUT2D eigenvalue weighted by Crippen LogP contribution is 2.63. The van der Waals surface area contributed by atoms with Gasteiger partial charge < -0.3 is 14.8 Å². The number of methoxy groups -OCH3 is 1. The maximum Gasteiger partial charge on any atom is 0.305 e. The van der Waals surface area contributed by atoms with E-state index in [1.807, 2.05) is 23.9 Å². The molecule has 0 saturated heterocycles. The molecule has 3 aliphatic rings. The van der Waals surface area contributed by atoms with E-state index in [4.69, 9.17) is 4.74 Å². The van der Waals surface area contributed by atoms with E-state index < -0.39 is 0 Å². The van der Waals surface area contributed by atoms with E-state index in [1.165, 1.54) is 35.5 Å². The number of thioether (sulfide) groups is 1. The molecule has 24 heavy (non-hydrogen) atoms. The Morgan fingerprint density at radius 3 is 2.96 bits per heavy atom. The zero-order chi connectivity index (χ0) is 16.4. The van der Waals surface area contributed by atoms with Crippen molar-refractivity contribution in [2.75, 3.05) is 7.11 Å². The number of phenolic OH excluding ortho intramolecular Hbond substituents is 1. The summed E-state index contributed by atoms with van der Waals surface area (Å²) < 4.78 is 5.32. The van der Waals surface area contributed by atoms with Crippen LogP contribution in [0, 0.1) is 17.8 Å². The van der Waals surface area contributed by atoms with E-state index in [0.717, 1.165) is 22.4 Å². The minimum absolute atomic E-state index is 0.0376. The highest BCUT2D eigenvalue weighted by molar-refractivity contribution is 8.00. The van der Waals surface area contributed by atoms with Crippen LogP contribution in [0.4, 0.5) is 0 Å². The molecule has 2 N–H and O–H groups in total. The van der Waals surface area contributed by atoms with Crippen molar-refractivity contribution in [1.29, 1.82) is 0 Å². The smallest absolute Gasteiger partial charge is 0.305 e. The Hall–Kier alpha value is -1.40. The number of aromatic amines is 1. The van der Waals surface area contributed by atoms with Gasteiger partial charge in [-0.1, -0.05) is 17.4 Å². The van der Waals surface area contributed by atoms with Crippen LogP contribution in [-0.4, -0.2) is 22.5 Å². The number of nitrogens with one attached hydrogen (secondary N) is 1. The van der Waals surface area contributed by atoms with E-state index in [-0.39, 0.29) is 16.5 Å². The van der Waals surface area contributed by atoms with Crippen molar-refractivity contribution in [1.82, 2.24) is 4.98 Å². The molecule has 1 aromatic carbocycles. The number of H-pyrrole nitrogens is 1. The van der Waals surface area contributed by atoms with Gasteiger partial charge >= 0.3 is 4.87 Å². The van der Waals surface area contributed by atoms with Crippen molar-refractivity contribution >= 4 is 23.1 Å². The summed E-state index contributed by atoms with van der Waals surface area (Å²) in [6.45, 7) is 0. The molecule has 5 rings (SSSR count). The predicted molar refractivity (Wildman–Crippen MR) is 95.4 cm³/mol. The first-order valence-electron chi connectivity index (χ1n) is 8.42. The number of ether oxygens (including phenoxy) is 1. The predicted octanol–water partition coefficient (Wildman–Crippen LogP) is 3.80. The number of aromatic nitrogens is 1. The lowest BCUT2D eigenvalue weighted by molar-refractivity contribution is 0.306. The molecular formula is C18H19NO3S2. The summed E-state index contributed by atoms with van der Waals surface area (Å²) in [4.78, 5) is 16.3. The Morgan fingerprint density at radius 1 is 1.29 bits per heavy atom. The fourth-order valence-electron chi connectivity index (χ4n) is 5.11. The third kappa shape index (κ3) is 2.02. The van der Waals surface area contributed by atoms with Crippen molar-refractivity contribution in [3.8, 4) is 11.5 Å².